The molecule has 58 heavy (non-hydrogen) atoms. The van der Waals surface area contributed by atoms with Crippen LogP contribution in [0.3, 0.4) is 0 Å². The van der Waals surface area contributed by atoms with Crippen LogP contribution in [0, 0.1) is 0 Å². The molecule has 20 nitrogen and oxygen atoms in total. The van der Waals surface area contributed by atoms with Crippen molar-refractivity contribution in [2.24, 2.45) is 0 Å². The third-order valence-corrected chi connectivity index (χ3v) is 13.2. The molecule has 0 radical (unpaired) electrons. The van der Waals surface area contributed by atoms with Gasteiger partial charge in [0.15, 0.2) is 12.6 Å². The van der Waals surface area contributed by atoms with Crippen LogP contribution in [0.25, 0.3) is 10.8 Å². The van der Waals surface area contributed by atoms with E-state index in [0.717, 1.165) is 45.4 Å². The molecule has 4 saturated heterocycles. The van der Waals surface area contributed by atoms with Gasteiger partial charge in [-0.3, -0.25) is 0 Å². The summed E-state index contributed by atoms with van der Waals surface area (Å²) in [6.07, 6.45) is -27.9. The molecule has 328 valence electrons. The van der Waals surface area contributed by atoms with Crippen LogP contribution >= 0.6 is 23.5 Å². The minimum atomic E-state index is -1.78. The lowest BCUT2D eigenvalue weighted by molar-refractivity contribution is -0.338. The van der Waals surface area contributed by atoms with Crippen molar-refractivity contribution in [3.63, 3.8) is 0 Å². The van der Waals surface area contributed by atoms with E-state index < -0.39 is 148 Å². The van der Waals surface area contributed by atoms with Gasteiger partial charge < -0.3 is 99.9 Å². The maximum absolute atomic E-state index is 11.1. The highest BCUT2D eigenvalue weighted by atomic mass is 32.2. The first-order chi connectivity index (χ1) is 27.7. The van der Waals surface area contributed by atoms with Crippen LogP contribution in [0.15, 0.2) is 36.4 Å². The largest absolute Gasteiger partial charge is 0.394 e. The van der Waals surface area contributed by atoms with Gasteiger partial charge >= 0.3 is 0 Å². The Kier molecular flexibility index (Phi) is 16.1. The Balaban J connectivity index is 1.08. The standard InChI is InChI=1S/C36H52O20S2/c37-7-17-21(41)23(43)27(47)33(51-17)55-31-19(9-39)53-35(29(49)25(31)45)57-11-13-5-6-14(16-4-2-1-3-15(13)16)12-58-36-30(50)26(46)32(20(10-40)54-36)56-34-28(48)24(44)22(42)18(8-38)52-34/h1-6,17-50H,7-12H2/t17-,18-,19-,20-,21+,22+,23+,24+,25-,26-,27-,28-,29-,30-,31-,32-,33+,34+,35+,36+/m1/s1. The number of ether oxygens (including phenoxy) is 6. The van der Waals surface area contributed by atoms with E-state index in [1.165, 1.54) is 0 Å². The summed E-state index contributed by atoms with van der Waals surface area (Å²) in [5, 5.41) is 146. The lowest BCUT2D eigenvalue weighted by atomic mass is 9.97. The van der Waals surface area contributed by atoms with Crippen LogP contribution in [0.5, 0.6) is 0 Å². The van der Waals surface area contributed by atoms with Gasteiger partial charge in [0.1, 0.15) is 109 Å². The Bertz CT molecular complexity index is 1490. The minimum Gasteiger partial charge on any atom is -0.394 e. The normalized spacial score (nSPS) is 43.8. The molecule has 4 fully saturated rings. The highest BCUT2D eigenvalue weighted by Crippen LogP contribution is 2.38. The SMILES string of the molecule is OC[C@H]1O[C@@H](O[C@H]2[C@H](O)[C@@H](O)[C@H](SCc3ccc(CS[C@@H]4O[C@H](CO)[C@@H](O[C@@H]5O[C@H](CO)[C@H](O)[C@H](O)[C@H]5O)[C@H](O)[C@H]4O)c4ccccc34)O[C@@H]2CO)[C@H](O)[C@@H](O)[C@H]1O. The van der Waals surface area contributed by atoms with Crippen molar-refractivity contribution in [3.05, 3.63) is 47.5 Å². The topological polar surface area (TPSA) is 339 Å². The Hall–Kier alpha value is -1.40. The number of aliphatic hydroxyl groups excluding tert-OH is 14. The predicted octanol–water partition coefficient (Wildman–Crippen LogP) is -5.45. The molecule has 14 N–H and O–H groups in total. The maximum Gasteiger partial charge on any atom is 0.187 e. The Labute approximate surface area is 340 Å². The van der Waals surface area contributed by atoms with Crippen molar-refractivity contribution < 1.29 is 99.9 Å². The zero-order valence-corrected chi connectivity index (χ0v) is 32.4. The van der Waals surface area contributed by atoms with Gasteiger partial charge in [-0.1, -0.05) is 36.4 Å². The van der Waals surface area contributed by atoms with Gasteiger partial charge in [0.2, 0.25) is 0 Å². The molecular weight excluding hydrogens is 817 g/mol. The van der Waals surface area contributed by atoms with Crippen LogP contribution in [0.2, 0.25) is 0 Å². The van der Waals surface area contributed by atoms with Crippen molar-refractivity contribution in [2.45, 2.75) is 133 Å². The first-order valence-corrected chi connectivity index (χ1v) is 20.7. The number of hydrogen-bond acceptors (Lipinski definition) is 22. The third-order valence-electron chi connectivity index (χ3n) is 10.8. The second-order valence-electron chi connectivity index (χ2n) is 14.6. The van der Waals surface area contributed by atoms with Gasteiger partial charge in [0.05, 0.1) is 26.4 Å². The first-order valence-electron chi connectivity index (χ1n) is 18.6. The van der Waals surface area contributed by atoms with Gasteiger partial charge in [-0.25, -0.2) is 0 Å². The summed E-state index contributed by atoms with van der Waals surface area (Å²) in [6, 6.07) is 11.1. The fraction of sp³-hybridized carbons (Fsp3) is 0.722. The second kappa shape index (κ2) is 20.2. The van der Waals surface area contributed by atoms with Gasteiger partial charge in [0.25, 0.3) is 0 Å². The average molecular weight is 869 g/mol. The van der Waals surface area contributed by atoms with Gasteiger partial charge in [0, 0.05) is 11.5 Å². The van der Waals surface area contributed by atoms with E-state index in [1.54, 1.807) is 0 Å². The highest BCUT2D eigenvalue weighted by molar-refractivity contribution is 7.99. The number of benzene rings is 2. The molecule has 4 aliphatic rings. The first kappa shape index (κ1) is 46.1. The number of fused-ring (bicyclic) bond motifs is 1. The number of rotatable bonds is 14. The average Bonchev–Trinajstić information content (AvgIpc) is 3.23. The van der Waals surface area contributed by atoms with Crippen LogP contribution in [0.1, 0.15) is 11.1 Å². The molecule has 0 aromatic heterocycles. The molecule has 0 unspecified atom stereocenters. The Morgan fingerprint density at radius 2 is 0.776 bits per heavy atom. The van der Waals surface area contributed by atoms with Gasteiger partial charge in [-0.2, -0.15) is 0 Å². The molecule has 0 saturated carbocycles. The van der Waals surface area contributed by atoms with E-state index in [4.69, 9.17) is 28.4 Å². The number of hydrogen-bond donors (Lipinski definition) is 14. The van der Waals surface area contributed by atoms with Crippen molar-refractivity contribution in [1.29, 1.82) is 0 Å². The fourth-order valence-corrected chi connectivity index (χ4v) is 9.76. The summed E-state index contributed by atoms with van der Waals surface area (Å²) in [4.78, 5) is 0. The minimum absolute atomic E-state index is 0.267. The quantitative estimate of drug-likeness (QED) is 0.0842. The van der Waals surface area contributed by atoms with E-state index in [1.807, 2.05) is 36.4 Å². The molecule has 22 heteroatoms. The molecule has 2 aromatic carbocycles. The third kappa shape index (κ3) is 9.49. The molecule has 0 amide bonds. The van der Waals surface area contributed by atoms with Crippen molar-refractivity contribution in [1.82, 2.24) is 0 Å². The van der Waals surface area contributed by atoms with Crippen molar-refractivity contribution >= 4 is 34.3 Å². The molecule has 4 aliphatic heterocycles. The zero-order valence-electron chi connectivity index (χ0n) is 30.8. The van der Waals surface area contributed by atoms with E-state index >= 15 is 0 Å². The summed E-state index contributed by atoms with van der Waals surface area (Å²) in [6.45, 7) is -2.76. The van der Waals surface area contributed by atoms with Gasteiger partial charge in [-0.15, -0.1) is 23.5 Å². The van der Waals surface area contributed by atoms with Crippen LogP contribution in [0.4, 0.5) is 0 Å². The molecule has 4 heterocycles. The lowest BCUT2D eigenvalue weighted by Gasteiger charge is -2.46. The molecule has 6 rings (SSSR count). The predicted molar refractivity (Wildman–Crippen MR) is 199 cm³/mol. The van der Waals surface area contributed by atoms with E-state index in [2.05, 4.69) is 0 Å². The van der Waals surface area contributed by atoms with E-state index in [9.17, 15) is 71.5 Å². The Morgan fingerprint density at radius 1 is 0.414 bits per heavy atom. The van der Waals surface area contributed by atoms with Crippen LogP contribution in [-0.4, -0.2) is 219 Å². The smallest absolute Gasteiger partial charge is 0.187 e. The molecule has 20 atom stereocenters. The fourth-order valence-electron chi connectivity index (χ4n) is 7.41. The van der Waals surface area contributed by atoms with E-state index in [0.29, 0.717) is 0 Å². The molecule has 0 bridgehead atoms. The maximum atomic E-state index is 11.1. The summed E-state index contributed by atoms with van der Waals surface area (Å²) >= 11 is 2.28. The van der Waals surface area contributed by atoms with E-state index in [-0.39, 0.29) is 11.5 Å². The molecular formula is C36H52O20S2. The number of aliphatic hydroxyl groups is 14. The monoisotopic (exact) mass is 868 g/mol. The molecule has 0 aliphatic carbocycles. The summed E-state index contributed by atoms with van der Waals surface area (Å²) < 4.78 is 33.9. The van der Waals surface area contributed by atoms with Crippen molar-refractivity contribution in [3.8, 4) is 0 Å². The summed E-state index contributed by atoms with van der Waals surface area (Å²) in [5.41, 5.74) is -0.476. The summed E-state index contributed by atoms with van der Waals surface area (Å²) in [7, 11) is 0. The second-order valence-corrected chi connectivity index (χ2v) is 16.7. The lowest BCUT2D eigenvalue weighted by Crippen LogP contribution is -2.64. The van der Waals surface area contributed by atoms with Gasteiger partial charge in [-0.05, 0) is 21.9 Å². The highest BCUT2D eigenvalue weighted by Gasteiger charge is 2.52. The summed E-state index contributed by atoms with van der Waals surface area (Å²) in [5.74, 6) is 0.535. The number of thioether (sulfide) groups is 2. The zero-order chi connectivity index (χ0) is 42.0. The Morgan fingerprint density at radius 3 is 1.12 bits per heavy atom. The van der Waals surface area contributed by atoms with Crippen LogP contribution in [-0.2, 0) is 39.9 Å². The van der Waals surface area contributed by atoms with Crippen molar-refractivity contribution in [2.75, 3.05) is 26.4 Å². The van der Waals surface area contributed by atoms with Crippen LogP contribution < -0.4 is 0 Å². The molecule has 2 aromatic rings. The molecule has 0 spiro atoms.